The molecule has 41 heavy (non-hydrogen) atoms. The maximum Gasteiger partial charge on any atom is 0.435 e. The number of carbonyl (C=O) groups excluding carboxylic acids is 1. The molecule has 2 aromatic rings. The van der Waals surface area contributed by atoms with Gasteiger partial charge in [-0.2, -0.15) is 39.5 Å². The summed E-state index contributed by atoms with van der Waals surface area (Å²) < 4.78 is 175. The van der Waals surface area contributed by atoms with Gasteiger partial charge in [0.05, 0.1) is 10.9 Å². The predicted molar refractivity (Wildman–Crippen MR) is 120 cm³/mol. The van der Waals surface area contributed by atoms with E-state index in [9.17, 15) is 61.5 Å². The van der Waals surface area contributed by atoms with E-state index in [1.807, 2.05) is 0 Å². The number of aryl methyl sites for hydroxylation is 1. The third-order valence-electron chi connectivity index (χ3n) is 7.81. The third kappa shape index (κ3) is 4.56. The summed E-state index contributed by atoms with van der Waals surface area (Å²) in [5.41, 5.74) is -8.48. The molecule has 1 fully saturated rings. The maximum absolute atomic E-state index is 14.8. The van der Waals surface area contributed by atoms with Crippen molar-refractivity contribution < 1.29 is 61.5 Å². The Labute approximate surface area is 226 Å². The van der Waals surface area contributed by atoms with Crippen LogP contribution in [0.4, 0.5) is 48.3 Å². The first kappa shape index (κ1) is 31.0. The lowest BCUT2D eigenvalue weighted by molar-refractivity contribution is -0.348. The molecule has 2 aromatic carbocycles. The molecule has 1 saturated heterocycles. The van der Waals surface area contributed by atoms with Crippen LogP contribution in [-0.2, 0) is 31.5 Å². The van der Waals surface area contributed by atoms with Gasteiger partial charge in [-0.15, -0.1) is 0 Å². The van der Waals surface area contributed by atoms with E-state index in [1.54, 1.807) is 0 Å². The van der Waals surface area contributed by atoms with Gasteiger partial charge in [-0.1, -0.05) is 18.2 Å². The van der Waals surface area contributed by atoms with Crippen molar-refractivity contribution in [2.45, 2.75) is 66.1 Å². The van der Waals surface area contributed by atoms with Crippen LogP contribution < -0.4 is 0 Å². The van der Waals surface area contributed by atoms with Gasteiger partial charge in [0.15, 0.2) is 9.84 Å². The fraction of sp³-hybridized carbons (Fsp3) is 0.480. The standard InChI is InChI=1S/C25H20F11NO3S/c1-13(23(28,29)30)20(38)37-11-10-21(41(39,40)17-6-4-16(26)5-7-17)18-8-3-15(12-14(18)2-9-19(21)37)22(27,24(31,32)33)25(34,35)36/h3-8,12-13,19H,2,9-11H2,1H3/t13?,19-,21-/m1/s1. The number of amides is 1. The number of hydrogen-bond acceptors (Lipinski definition) is 3. The fourth-order valence-corrected chi connectivity index (χ4v) is 8.07. The molecule has 0 bridgehead atoms. The Morgan fingerprint density at radius 3 is 2.00 bits per heavy atom. The number of sulfone groups is 1. The second kappa shape index (κ2) is 9.56. The van der Waals surface area contributed by atoms with E-state index in [-0.39, 0.29) is 17.7 Å². The molecule has 4 rings (SSSR count). The molecule has 1 aliphatic carbocycles. The Balaban J connectivity index is 1.95. The van der Waals surface area contributed by atoms with Gasteiger partial charge in [-0.05, 0) is 61.6 Å². The Kier molecular flexibility index (Phi) is 7.24. The Hall–Kier alpha value is -2.91. The summed E-state index contributed by atoms with van der Waals surface area (Å²) in [5, 5.41) is 0. The number of halogens is 11. The minimum absolute atomic E-state index is 0.132. The molecule has 0 radical (unpaired) electrons. The Bertz CT molecular complexity index is 1440. The summed E-state index contributed by atoms with van der Waals surface area (Å²) in [6.45, 7) is 0.0126. The van der Waals surface area contributed by atoms with Crippen LogP contribution in [0.5, 0.6) is 0 Å². The van der Waals surface area contributed by atoms with E-state index in [4.69, 9.17) is 0 Å². The van der Waals surface area contributed by atoms with Crippen molar-refractivity contribution in [3.63, 3.8) is 0 Å². The van der Waals surface area contributed by atoms with Crippen LogP contribution in [-0.4, -0.2) is 50.3 Å². The number of rotatable bonds is 4. The van der Waals surface area contributed by atoms with Gasteiger partial charge < -0.3 is 4.90 Å². The highest BCUT2D eigenvalue weighted by Gasteiger charge is 2.74. The van der Waals surface area contributed by atoms with Crippen molar-refractivity contribution in [1.29, 1.82) is 0 Å². The molecule has 1 heterocycles. The highest BCUT2D eigenvalue weighted by atomic mass is 32.2. The predicted octanol–water partition coefficient (Wildman–Crippen LogP) is 6.53. The fourth-order valence-electron chi connectivity index (χ4n) is 5.71. The quantitative estimate of drug-likeness (QED) is 0.288. The number of nitrogens with zero attached hydrogens (tertiary/aromatic N) is 1. The lowest BCUT2D eigenvalue weighted by Crippen LogP contribution is -2.54. The molecule has 0 saturated carbocycles. The number of alkyl halides is 10. The molecular formula is C25H20F11NO3S. The second-order valence-electron chi connectivity index (χ2n) is 9.97. The van der Waals surface area contributed by atoms with Crippen molar-refractivity contribution in [3.05, 3.63) is 65.0 Å². The van der Waals surface area contributed by atoms with E-state index in [1.165, 1.54) is 0 Å². The number of fused-ring (bicyclic) bond motifs is 3. The van der Waals surface area contributed by atoms with Gasteiger partial charge in [-0.25, -0.2) is 17.2 Å². The zero-order chi connectivity index (χ0) is 31.0. The molecule has 3 atom stereocenters. The number of likely N-dealkylation sites (tertiary alicyclic amines) is 1. The maximum atomic E-state index is 14.8. The van der Waals surface area contributed by atoms with Gasteiger partial charge in [0.1, 0.15) is 16.5 Å². The summed E-state index contributed by atoms with van der Waals surface area (Å²) in [7, 11) is -4.80. The van der Waals surface area contributed by atoms with Crippen LogP contribution in [0.3, 0.4) is 0 Å². The van der Waals surface area contributed by atoms with Crippen LogP contribution in [0.2, 0.25) is 0 Å². The molecule has 1 aliphatic heterocycles. The molecule has 1 amide bonds. The van der Waals surface area contributed by atoms with Gasteiger partial charge in [0, 0.05) is 12.1 Å². The summed E-state index contributed by atoms with van der Waals surface area (Å²) in [5.74, 6) is -4.88. The van der Waals surface area contributed by atoms with Gasteiger partial charge >= 0.3 is 24.2 Å². The van der Waals surface area contributed by atoms with E-state index in [0.717, 1.165) is 24.3 Å². The minimum Gasteiger partial charge on any atom is -0.337 e. The van der Waals surface area contributed by atoms with E-state index in [2.05, 4.69) is 0 Å². The molecule has 4 nitrogen and oxygen atoms in total. The van der Waals surface area contributed by atoms with Gasteiger partial charge in [0.2, 0.25) is 5.91 Å². The Morgan fingerprint density at radius 2 is 1.49 bits per heavy atom. The largest absolute Gasteiger partial charge is 0.435 e. The summed E-state index contributed by atoms with van der Waals surface area (Å²) in [6.07, 6.45) is -19.4. The lowest BCUT2D eigenvalue weighted by atomic mass is 9.76. The molecule has 226 valence electrons. The van der Waals surface area contributed by atoms with Crippen molar-refractivity contribution >= 4 is 15.7 Å². The molecule has 0 aromatic heterocycles. The van der Waals surface area contributed by atoms with Crippen LogP contribution in [0.15, 0.2) is 47.4 Å². The van der Waals surface area contributed by atoms with Crippen molar-refractivity contribution in [2.24, 2.45) is 5.92 Å². The molecule has 1 unspecified atom stereocenters. The SMILES string of the molecule is CC(C(=O)N1CC[C@@]2(S(=O)(=O)c3ccc(F)cc3)c3ccc(C(F)(C(F)(F)F)C(F)(F)F)cc3CC[C@@H]12)C(F)(F)F. The third-order valence-corrected chi connectivity index (χ3v) is 10.4. The smallest absolute Gasteiger partial charge is 0.337 e. The average Bonchev–Trinajstić information content (AvgIpc) is 3.27. The van der Waals surface area contributed by atoms with Gasteiger partial charge in [0.25, 0.3) is 0 Å². The van der Waals surface area contributed by atoms with E-state index < -0.39 is 104 Å². The monoisotopic (exact) mass is 623 g/mol. The highest BCUT2D eigenvalue weighted by molar-refractivity contribution is 7.92. The first-order valence-corrected chi connectivity index (χ1v) is 13.4. The van der Waals surface area contributed by atoms with Crippen LogP contribution in [0, 0.1) is 11.7 Å². The van der Waals surface area contributed by atoms with Crippen LogP contribution >= 0.6 is 0 Å². The molecular weight excluding hydrogens is 603 g/mol. The minimum atomic E-state index is -6.45. The normalized spacial score (nSPS) is 22.7. The molecule has 0 spiro atoms. The summed E-state index contributed by atoms with van der Waals surface area (Å²) in [4.78, 5) is 13.0. The Morgan fingerprint density at radius 1 is 0.927 bits per heavy atom. The average molecular weight is 623 g/mol. The highest BCUT2D eigenvalue weighted by Crippen LogP contribution is 2.57. The summed E-state index contributed by atoms with van der Waals surface area (Å²) in [6, 6.07) is 2.63. The second-order valence-corrected chi connectivity index (χ2v) is 12.2. The van der Waals surface area contributed by atoms with E-state index in [0.29, 0.717) is 17.9 Å². The zero-order valence-corrected chi connectivity index (χ0v) is 21.6. The van der Waals surface area contributed by atoms with Crippen LogP contribution in [0.25, 0.3) is 0 Å². The summed E-state index contributed by atoms with van der Waals surface area (Å²) >= 11 is 0. The van der Waals surface area contributed by atoms with Crippen molar-refractivity contribution in [1.82, 2.24) is 4.90 Å². The van der Waals surface area contributed by atoms with Gasteiger partial charge in [-0.3, -0.25) is 4.79 Å². The van der Waals surface area contributed by atoms with Crippen LogP contribution in [0.1, 0.15) is 36.5 Å². The molecule has 0 N–H and O–H groups in total. The topological polar surface area (TPSA) is 54.5 Å². The molecule has 2 aliphatic rings. The van der Waals surface area contributed by atoms with E-state index >= 15 is 0 Å². The molecule has 16 heteroatoms. The first-order valence-electron chi connectivity index (χ1n) is 11.9. The number of carbonyl (C=O) groups is 1. The van der Waals surface area contributed by atoms with Crippen molar-refractivity contribution in [3.8, 4) is 0 Å². The van der Waals surface area contributed by atoms with Crippen molar-refractivity contribution in [2.75, 3.05) is 6.54 Å². The zero-order valence-electron chi connectivity index (χ0n) is 20.8. The number of hydrogen-bond donors (Lipinski definition) is 0. The lowest BCUT2D eigenvalue weighted by Gasteiger charge is -2.43. The number of benzene rings is 2. The first-order chi connectivity index (χ1) is 18.6.